The van der Waals surface area contributed by atoms with Crippen molar-refractivity contribution < 1.29 is 0 Å². The van der Waals surface area contributed by atoms with Crippen LogP contribution in [0.3, 0.4) is 0 Å². The Bertz CT molecular complexity index is 360. The van der Waals surface area contributed by atoms with Crippen LogP contribution in [-0.4, -0.2) is 24.6 Å². The van der Waals surface area contributed by atoms with E-state index in [1.807, 2.05) is 0 Å². The number of rotatable bonds is 2. The number of hydrogen-bond donors (Lipinski definition) is 1. The van der Waals surface area contributed by atoms with Crippen LogP contribution in [0.1, 0.15) is 50.1 Å². The smallest absolute Gasteiger partial charge is 0.128 e. The third-order valence-electron chi connectivity index (χ3n) is 4.16. The molecule has 0 saturated carbocycles. The Morgan fingerprint density at radius 3 is 2.50 bits per heavy atom. The van der Waals surface area contributed by atoms with Gasteiger partial charge in [0.2, 0.25) is 0 Å². The first-order valence-corrected chi connectivity index (χ1v) is 7.38. The van der Waals surface area contributed by atoms with Crippen LogP contribution in [0, 0.1) is 0 Å². The number of nitrogens with one attached hydrogen (secondary N) is 1. The minimum absolute atomic E-state index is 0.538. The number of hydrogen-bond acceptors (Lipinski definition) is 3. The number of anilines is 1. The van der Waals surface area contributed by atoms with Crippen LogP contribution in [-0.2, 0) is 0 Å². The van der Waals surface area contributed by atoms with Gasteiger partial charge in [0.1, 0.15) is 5.82 Å². The predicted octanol–water partition coefficient (Wildman–Crippen LogP) is 2.89. The number of aromatic nitrogens is 1. The van der Waals surface area contributed by atoms with Crippen molar-refractivity contribution in [1.82, 2.24) is 10.3 Å². The van der Waals surface area contributed by atoms with Crippen molar-refractivity contribution in [2.45, 2.75) is 44.6 Å². The summed E-state index contributed by atoms with van der Waals surface area (Å²) in [5.74, 6) is 1.17. The first kappa shape index (κ1) is 12.0. The summed E-state index contributed by atoms with van der Waals surface area (Å²) in [6, 6.07) is 5.01. The summed E-state index contributed by atoms with van der Waals surface area (Å²) in [6.45, 7) is 3.50. The maximum absolute atomic E-state index is 4.67. The first-order valence-electron chi connectivity index (χ1n) is 7.38. The molecule has 0 spiro atoms. The molecule has 2 aliphatic heterocycles. The molecule has 0 aliphatic carbocycles. The predicted molar refractivity (Wildman–Crippen MR) is 74.9 cm³/mol. The van der Waals surface area contributed by atoms with Crippen LogP contribution in [0.5, 0.6) is 0 Å². The van der Waals surface area contributed by atoms with Crippen LogP contribution in [0.4, 0.5) is 5.82 Å². The molecule has 1 aromatic rings. The van der Waals surface area contributed by atoms with Crippen molar-refractivity contribution in [2.24, 2.45) is 0 Å². The maximum Gasteiger partial charge on any atom is 0.128 e. The van der Waals surface area contributed by atoms with Crippen molar-refractivity contribution in [3.05, 3.63) is 23.9 Å². The van der Waals surface area contributed by atoms with E-state index in [2.05, 4.69) is 33.5 Å². The zero-order chi connectivity index (χ0) is 12.2. The zero-order valence-electron chi connectivity index (χ0n) is 11.1. The van der Waals surface area contributed by atoms with E-state index in [4.69, 9.17) is 0 Å². The summed E-state index contributed by atoms with van der Waals surface area (Å²) in [5, 5.41) is 3.53. The Morgan fingerprint density at radius 1 is 1.06 bits per heavy atom. The van der Waals surface area contributed by atoms with Crippen LogP contribution < -0.4 is 10.2 Å². The Morgan fingerprint density at radius 2 is 1.89 bits per heavy atom. The lowest BCUT2D eigenvalue weighted by Gasteiger charge is -2.22. The Kier molecular flexibility index (Phi) is 3.79. The highest BCUT2D eigenvalue weighted by Gasteiger charge is 2.17. The molecule has 3 rings (SSSR count). The van der Waals surface area contributed by atoms with Crippen LogP contribution >= 0.6 is 0 Å². The minimum Gasteiger partial charge on any atom is -0.357 e. The average Bonchev–Trinajstić information content (AvgIpc) is 2.82. The normalized spacial score (nSPS) is 25.1. The van der Waals surface area contributed by atoms with Crippen LogP contribution in [0.25, 0.3) is 0 Å². The van der Waals surface area contributed by atoms with Crippen molar-refractivity contribution in [3.63, 3.8) is 0 Å². The lowest BCUT2D eigenvalue weighted by Crippen LogP contribution is -2.25. The van der Waals surface area contributed by atoms with Gasteiger partial charge in [0.25, 0.3) is 0 Å². The quantitative estimate of drug-likeness (QED) is 0.868. The Labute approximate surface area is 110 Å². The van der Waals surface area contributed by atoms with E-state index in [0.717, 1.165) is 6.54 Å². The summed E-state index contributed by atoms with van der Waals surface area (Å²) in [6.07, 6.45) is 9.99. The SMILES string of the molecule is c1cc(N2CCCCCC2)ncc1[C@H]1CCCN1. The third-order valence-corrected chi connectivity index (χ3v) is 4.16. The fourth-order valence-corrected chi connectivity index (χ4v) is 3.06. The van der Waals surface area contributed by atoms with E-state index in [0.29, 0.717) is 6.04 Å². The molecule has 3 heteroatoms. The topological polar surface area (TPSA) is 28.2 Å². The molecule has 2 fully saturated rings. The summed E-state index contributed by atoms with van der Waals surface area (Å²) in [5.41, 5.74) is 1.35. The van der Waals surface area contributed by atoms with Crippen LogP contribution in [0.15, 0.2) is 18.3 Å². The minimum atomic E-state index is 0.538. The molecule has 2 aliphatic rings. The van der Waals surface area contributed by atoms with E-state index in [-0.39, 0.29) is 0 Å². The summed E-state index contributed by atoms with van der Waals surface area (Å²) in [7, 11) is 0. The van der Waals surface area contributed by atoms with E-state index in [9.17, 15) is 0 Å². The average molecular weight is 245 g/mol. The van der Waals surface area contributed by atoms with Gasteiger partial charge in [0.05, 0.1) is 0 Å². The molecule has 0 unspecified atom stereocenters. The molecular formula is C15H23N3. The van der Waals surface area contributed by atoms with Gasteiger partial charge in [-0.05, 0) is 43.9 Å². The fraction of sp³-hybridized carbons (Fsp3) is 0.667. The molecule has 0 aromatic carbocycles. The largest absolute Gasteiger partial charge is 0.357 e. The number of nitrogens with zero attached hydrogens (tertiary/aromatic N) is 2. The molecule has 2 saturated heterocycles. The molecule has 0 bridgehead atoms. The summed E-state index contributed by atoms with van der Waals surface area (Å²) >= 11 is 0. The standard InChI is InChI=1S/C15H23N3/c1-2-4-11-18(10-3-1)15-8-7-13(12-17-15)14-6-5-9-16-14/h7-8,12,14,16H,1-6,9-11H2/t14-/m1/s1. The lowest BCUT2D eigenvalue weighted by molar-refractivity contribution is 0.644. The molecular weight excluding hydrogens is 222 g/mol. The van der Waals surface area contributed by atoms with Crippen molar-refractivity contribution in [3.8, 4) is 0 Å². The molecule has 3 heterocycles. The van der Waals surface area contributed by atoms with Crippen LogP contribution in [0.2, 0.25) is 0 Å². The molecule has 18 heavy (non-hydrogen) atoms. The van der Waals surface area contributed by atoms with Crippen molar-refractivity contribution in [2.75, 3.05) is 24.5 Å². The number of pyridine rings is 1. The van der Waals surface area contributed by atoms with Gasteiger partial charge in [0, 0.05) is 25.3 Å². The Hall–Kier alpha value is -1.09. The molecule has 1 aromatic heterocycles. The molecule has 98 valence electrons. The highest BCUT2D eigenvalue weighted by atomic mass is 15.2. The van der Waals surface area contributed by atoms with Gasteiger partial charge in [-0.2, -0.15) is 0 Å². The summed E-state index contributed by atoms with van der Waals surface area (Å²) < 4.78 is 0. The second-order valence-electron chi connectivity index (χ2n) is 5.50. The monoisotopic (exact) mass is 245 g/mol. The maximum atomic E-state index is 4.67. The molecule has 0 radical (unpaired) electrons. The zero-order valence-corrected chi connectivity index (χ0v) is 11.1. The van der Waals surface area contributed by atoms with Crippen molar-refractivity contribution >= 4 is 5.82 Å². The lowest BCUT2D eigenvalue weighted by atomic mass is 10.1. The molecule has 1 N–H and O–H groups in total. The van der Waals surface area contributed by atoms with Gasteiger partial charge < -0.3 is 10.2 Å². The first-order chi connectivity index (χ1) is 8.93. The van der Waals surface area contributed by atoms with E-state index >= 15 is 0 Å². The Balaban J connectivity index is 1.69. The van der Waals surface area contributed by atoms with Gasteiger partial charge in [-0.3, -0.25) is 0 Å². The van der Waals surface area contributed by atoms with E-state index < -0.39 is 0 Å². The van der Waals surface area contributed by atoms with E-state index in [1.54, 1.807) is 0 Å². The molecule has 0 amide bonds. The van der Waals surface area contributed by atoms with Gasteiger partial charge >= 0.3 is 0 Å². The second kappa shape index (κ2) is 5.70. The highest BCUT2D eigenvalue weighted by Crippen LogP contribution is 2.24. The van der Waals surface area contributed by atoms with Gasteiger partial charge in [0.15, 0.2) is 0 Å². The van der Waals surface area contributed by atoms with Crippen molar-refractivity contribution in [1.29, 1.82) is 0 Å². The third kappa shape index (κ3) is 2.66. The molecule has 3 nitrogen and oxygen atoms in total. The molecule has 1 atom stereocenters. The van der Waals surface area contributed by atoms with E-state index in [1.165, 1.54) is 63.0 Å². The second-order valence-corrected chi connectivity index (χ2v) is 5.50. The highest BCUT2D eigenvalue weighted by molar-refractivity contribution is 5.40. The fourth-order valence-electron chi connectivity index (χ4n) is 3.06. The van der Waals surface area contributed by atoms with Gasteiger partial charge in [-0.15, -0.1) is 0 Å². The van der Waals surface area contributed by atoms with Gasteiger partial charge in [-0.1, -0.05) is 18.9 Å². The summed E-state index contributed by atoms with van der Waals surface area (Å²) in [4.78, 5) is 7.12. The van der Waals surface area contributed by atoms with Gasteiger partial charge in [-0.25, -0.2) is 4.98 Å².